The Kier molecular flexibility index (Phi) is 20.3. The van der Waals surface area contributed by atoms with Crippen molar-refractivity contribution in [3.05, 3.63) is 58.7 Å². The van der Waals surface area contributed by atoms with Crippen molar-refractivity contribution in [1.82, 2.24) is 21.7 Å². The van der Waals surface area contributed by atoms with Crippen LogP contribution in [0.25, 0.3) is 0 Å². The number of hydrogen-bond acceptors (Lipinski definition) is 6. The number of benzene rings is 2. The van der Waals surface area contributed by atoms with E-state index in [1.54, 1.807) is 31.2 Å². The average molecular weight is 695 g/mol. The van der Waals surface area contributed by atoms with E-state index in [0.717, 1.165) is 68.9 Å². The Morgan fingerprint density at radius 2 is 1.00 bits per heavy atom. The van der Waals surface area contributed by atoms with Crippen LogP contribution in [-0.4, -0.2) is 33.8 Å². The monoisotopic (exact) mass is 694 g/mol. The number of aromatic hydroxyl groups is 2. The zero-order valence-electron chi connectivity index (χ0n) is 30.9. The summed E-state index contributed by atoms with van der Waals surface area (Å²) in [6.07, 6.45) is 17.5. The summed E-state index contributed by atoms with van der Waals surface area (Å²) in [7, 11) is 0. The molecule has 0 heterocycles. The van der Waals surface area contributed by atoms with Gasteiger partial charge in [-0.2, -0.15) is 0 Å². The number of phenols is 2. The smallest absolute Gasteiger partial charge is 0.273 e. The molecule has 0 aliphatic heterocycles. The van der Waals surface area contributed by atoms with E-state index in [-0.39, 0.29) is 46.3 Å². The Hall–Kier alpha value is -4.08. The predicted molar refractivity (Wildman–Crippen MR) is 198 cm³/mol. The number of unbranched alkanes of at least 4 members (excludes halogenated alkanes) is 10. The number of hydrogen-bond donors (Lipinski definition) is 6. The normalized spacial score (nSPS) is 12.2. The van der Waals surface area contributed by atoms with Crippen LogP contribution in [0.3, 0.4) is 0 Å². The number of phenolic OH excluding ortho intramolecular Hbond substituents is 2. The largest absolute Gasteiger partial charge is 0.507 e. The van der Waals surface area contributed by atoms with Gasteiger partial charge in [-0.15, -0.1) is 0 Å². The van der Waals surface area contributed by atoms with Gasteiger partial charge in [0.15, 0.2) is 0 Å². The molecule has 0 aliphatic rings. The van der Waals surface area contributed by atoms with Gasteiger partial charge in [0.1, 0.15) is 11.5 Å². The minimum absolute atomic E-state index is 0.104. The lowest BCUT2D eigenvalue weighted by atomic mass is 9.96. The second-order valence-electron chi connectivity index (χ2n) is 13.6. The van der Waals surface area contributed by atoms with Crippen molar-refractivity contribution in [2.75, 3.05) is 0 Å². The summed E-state index contributed by atoms with van der Waals surface area (Å²) in [5.74, 6) is -2.57. The minimum atomic E-state index is -0.573. The molecule has 2 aromatic rings. The molecular formula is C40H62N4O6. The summed E-state index contributed by atoms with van der Waals surface area (Å²) in [6, 6.07) is 10.1. The predicted octanol–water partition coefficient (Wildman–Crippen LogP) is 7.96. The number of rotatable bonds is 23. The van der Waals surface area contributed by atoms with Gasteiger partial charge in [0, 0.05) is 11.8 Å². The zero-order chi connectivity index (χ0) is 36.7. The highest BCUT2D eigenvalue weighted by molar-refractivity contribution is 5.98. The second-order valence-corrected chi connectivity index (χ2v) is 13.6. The Morgan fingerprint density at radius 1 is 0.560 bits per heavy atom. The van der Waals surface area contributed by atoms with Crippen LogP contribution in [0.15, 0.2) is 36.4 Å². The molecule has 10 heteroatoms. The summed E-state index contributed by atoms with van der Waals surface area (Å²) in [5.41, 5.74) is 12.0. The number of aryl methyl sites for hydroxylation is 2. The Morgan fingerprint density at radius 3 is 1.46 bits per heavy atom. The molecule has 2 aromatic carbocycles. The molecule has 2 unspecified atom stereocenters. The molecule has 0 fully saturated rings. The van der Waals surface area contributed by atoms with Gasteiger partial charge < -0.3 is 10.2 Å². The van der Waals surface area contributed by atoms with E-state index >= 15 is 0 Å². The van der Waals surface area contributed by atoms with Crippen LogP contribution in [0.1, 0.15) is 162 Å². The molecule has 50 heavy (non-hydrogen) atoms. The third-order valence-corrected chi connectivity index (χ3v) is 9.35. The number of nitrogens with one attached hydrogen (secondary N) is 4. The van der Waals surface area contributed by atoms with E-state index in [1.165, 1.54) is 38.5 Å². The van der Waals surface area contributed by atoms with Gasteiger partial charge in [-0.1, -0.05) is 110 Å². The quantitative estimate of drug-likeness (QED) is 0.0512. The van der Waals surface area contributed by atoms with E-state index in [0.29, 0.717) is 19.3 Å². The van der Waals surface area contributed by atoms with Gasteiger partial charge in [-0.3, -0.25) is 40.9 Å². The number of carbonyl (C=O) groups is 4. The number of hydrazine groups is 2. The molecule has 2 rings (SSSR count). The fraction of sp³-hybridized carbons (Fsp3) is 0.600. The number of amides is 4. The highest BCUT2D eigenvalue weighted by atomic mass is 16.3. The van der Waals surface area contributed by atoms with Gasteiger partial charge in [0.25, 0.3) is 11.8 Å². The molecule has 2 atom stereocenters. The standard InChI is InChI=1S/C40H62N4O6/c1-5-8-10-12-16-20-30-23-25-33(35(45)27-30)39(49)43-41-37(47)29(4)19-15-14-18-22-32(7-3)38(48)42-44-40(50)34-26-24-31(28-36(34)46)21-17-13-11-9-6-2/h23-29,32,45-46H,5-22H2,1-4H3,(H,41,47)(H,42,48)(H,43,49)(H,44,50). The van der Waals surface area contributed by atoms with Crippen molar-refractivity contribution in [1.29, 1.82) is 0 Å². The Bertz CT molecular complexity index is 1350. The molecule has 278 valence electrons. The van der Waals surface area contributed by atoms with E-state index < -0.39 is 11.8 Å². The van der Waals surface area contributed by atoms with Crippen LogP contribution >= 0.6 is 0 Å². The highest BCUT2D eigenvalue weighted by Crippen LogP contribution is 2.22. The van der Waals surface area contributed by atoms with Crippen LogP contribution in [0.2, 0.25) is 0 Å². The first kappa shape index (κ1) is 42.1. The van der Waals surface area contributed by atoms with Gasteiger partial charge in [-0.05, 0) is 80.3 Å². The maximum atomic E-state index is 12.8. The van der Waals surface area contributed by atoms with Gasteiger partial charge >= 0.3 is 0 Å². The van der Waals surface area contributed by atoms with E-state index in [4.69, 9.17) is 0 Å². The summed E-state index contributed by atoms with van der Waals surface area (Å²) in [6.45, 7) is 8.07. The molecule has 0 saturated carbocycles. The molecular weight excluding hydrogens is 632 g/mol. The third-order valence-electron chi connectivity index (χ3n) is 9.35. The molecule has 0 radical (unpaired) electrons. The molecule has 0 bridgehead atoms. The average Bonchev–Trinajstić information content (AvgIpc) is 3.10. The highest BCUT2D eigenvalue weighted by Gasteiger charge is 2.20. The van der Waals surface area contributed by atoms with Gasteiger partial charge in [0.2, 0.25) is 11.8 Å². The minimum Gasteiger partial charge on any atom is -0.507 e. The topological polar surface area (TPSA) is 157 Å². The molecule has 0 spiro atoms. The van der Waals surface area contributed by atoms with Gasteiger partial charge in [0.05, 0.1) is 11.1 Å². The SMILES string of the molecule is CCCCCCCc1ccc(C(=O)NNC(=O)C(C)CCCCCC(CC)C(=O)NNC(=O)c2ccc(CCCCCCC)cc2O)c(O)c1. The fourth-order valence-electron chi connectivity index (χ4n) is 5.98. The lowest BCUT2D eigenvalue weighted by Crippen LogP contribution is -2.44. The number of carbonyl (C=O) groups excluding carboxylic acids is 4. The van der Waals surface area contributed by atoms with Gasteiger partial charge in [-0.25, -0.2) is 0 Å². The van der Waals surface area contributed by atoms with Crippen molar-refractivity contribution in [3.63, 3.8) is 0 Å². The lowest BCUT2D eigenvalue weighted by Gasteiger charge is -2.16. The summed E-state index contributed by atoms with van der Waals surface area (Å²) in [4.78, 5) is 50.5. The van der Waals surface area contributed by atoms with Crippen molar-refractivity contribution >= 4 is 23.6 Å². The zero-order valence-corrected chi connectivity index (χ0v) is 30.9. The van der Waals surface area contributed by atoms with E-state index in [2.05, 4.69) is 35.6 Å². The van der Waals surface area contributed by atoms with Crippen molar-refractivity contribution in [3.8, 4) is 11.5 Å². The molecule has 0 aromatic heterocycles. The van der Waals surface area contributed by atoms with Crippen LogP contribution in [0.4, 0.5) is 0 Å². The first-order valence-electron chi connectivity index (χ1n) is 18.9. The first-order chi connectivity index (χ1) is 24.1. The van der Waals surface area contributed by atoms with Crippen LogP contribution in [0.5, 0.6) is 11.5 Å². The summed E-state index contributed by atoms with van der Waals surface area (Å²) in [5, 5.41) is 20.8. The van der Waals surface area contributed by atoms with Crippen molar-refractivity contribution in [2.24, 2.45) is 11.8 Å². The van der Waals surface area contributed by atoms with Crippen LogP contribution in [-0.2, 0) is 22.4 Å². The molecule has 0 aliphatic carbocycles. The van der Waals surface area contributed by atoms with Crippen molar-refractivity contribution < 1.29 is 29.4 Å². The van der Waals surface area contributed by atoms with Crippen LogP contribution < -0.4 is 21.7 Å². The van der Waals surface area contributed by atoms with Crippen LogP contribution in [0, 0.1) is 11.8 Å². The maximum absolute atomic E-state index is 12.8. The Labute approximate surface area is 299 Å². The van der Waals surface area contributed by atoms with E-state index in [1.807, 2.05) is 19.1 Å². The molecule has 0 saturated heterocycles. The molecule has 10 nitrogen and oxygen atoms in total. The lowest BCUT2D eigenvalue weighted by molar-refractivity contribution is -0.126. The van der Waals surface area contributed by atoms with E-state index in [9.17, 15) is 29.4 Å². The summed E-state index contributed by atoms with van der Waals surface area (Å²) >= 11 is 0. The van der Waals surface area contributed by atoms with Crippen molar-refractivity contribution in [2.45, 2.75) is 143 Å². The molecule has 4 amide bonds. The third kappa shape index (κ3) is 15.6. The first-order valence-corrected chi connectivity index (χ1v) is 18.9. The second kappa shape index (κ2) is 24.1. The Balaban J connectivity index is 1.66. The summed E-state index contributed by atoms with van der Waals surface area (Å²) < 4.78 is 0. The fourth-order valence-corrected chi connectivity index (χ4v) is 5.98. The molecule has 6 N–H and O–H groups in total. The maximum Gasteiger partial charge on any atom is 0.273 e.